The van der Waals surface area contributed by atoms with Gasteiger partial charge < -0.3 is 10.2 Å². The Morgan fingerprint density at radius 2 is 2.60 bits per heavy atom. The zero-order valence-electron chi connectivity index (χ0n) is 6.13. The molecule has 0 aromatic rings. The van der Waals surface area contributed by atoms with Gasteiger partial charge in [0.2, 0.25) is 0 Å². The standard InChI is InChI=1S/C6H13N3O/c1-8-6(9-7)5-3-2-4-10-5/h5H,2-4,7H2,1H3,(H,8,9). The van der Waals surface area contributed by atoms with E-state index < -0.39 is 0 Å². The van der Waals surface area contributed by atoms with Crippen LogP contribution in [0.5, 0.6) is 0 Å². The molecule has 0 aromatic heterocycles. The predicted molar refractivity (Wildman–Crippen MR) is 39.7 cm³/mol. The van der Waals surface area contributed by atoms with Crippen molar-refractivity contribution in [1.82, 2.24) is 5.43 Å². The summed E-state index contributed by atoms with van der Waals surface area (Å²) in [5, 5.41) is 0. The molecular weight excluding hydrogens is 130 g/mol. The quantitative estimate of drug-likeness (QED) is 0.228. The molecular formula is C6H13N3O. The van der Waals surface area contributed by atoms with Crippen molar-refractivity contribution >= 4 is 5.84 Å². The minimum absolute atomic E-state index is 0.106. The SMILES string of the molecule is CN=C(NN)C1CCCO1. The topological polar surface area (TPSA) is 59.6 Å². The van der Waals surface area contributed by atoms with Crippen LogP contribution in [0.25, 0.3) is 0 Å². The third-order valence-corrected chi connectivity index (χ3v) is 1.62. The van der Waals surface area contributed by atoms with Crippen molar-refractivity contribution in [2.45, 2.75) is 18.9 Å². The summed E-state index contributed by atoms with van der Waals surface area (Å²) in [5.41, 5.74) is 2.52. The highest BCUT2D eigenvalue weighted by Crippen LogP contribution is 2.11. The average molecular weight is 143 g/mol. The van der Waals surface area contributed by atoms with Crippen LogP contribution in [-0.2, 0) is 4.74 Å². The summed E-state index contributed by atoms with van der Waals surface area (Å²) in [7, 11) is 1.71. The Bertz CT molecular complexity index is 129. The van der Waals surface area contributed by atoms with Crippen LogP contribution in [0.1, 0.15) is 12.8 Å². The molecule has 10 heavy (non-hydrogen) atoms. The van der Waals surface area contributed by atoms with Gasteiger partial charge in [-0.15, -0.1) is 0 Å². The lowest BCUT2D eigenvalue weighted by Crippen LogP contribution is -2.38. The van der Waals surface area contributed by atoms with Crippen molar-refractivity contribution in [2.24, 2.45) is 10.8 Å². The molecule has 0 amide bonds. The number of hydrogen-bond acceptors (Lipinski definition) is 3. The second kappa shape index (κ2) is 3.53. The first-order chi connectivity index (χ1) is 4.88. The fourth-order valence-corrected chi connectivity index (χ4v) is 1.09. The van der Waals surface area contributed by atoms with Crippen LogP contribution in [-0.4, -0.2) is 25.6 Å². The Kier molecular flexibility index (Phi) is 2.65. The first-order valence-electron chi connectivity index (χ1n) is 3.43. The molecule has 0 bridgehead atoms. The van der Waals surface area contributed by atoms with E-state index in [1.54, 1.807) is 7.05 Å². The maximum atomic E-state index is 5.32. The molecule has 1 rings (SSSR count). The fraction of sp³-hybridized carbons (Fsp3) is 0.833. The smallest absolute Gasteiger partial charge is 0.140 e. The minimum Gasteiger partial charge on any atom is -0.370 e. The molecule has 1 heterocycles. The van der Waals surface area contributed by atoms with Gasteiger partial charge in [-0.25, -0.2) is 5.84 Å². The van der Waals surface area contributed by atoms with Crippen LogP contribution in [0.3, 0.4) is 0 Å². The summed E-state index contributed by atoms with van der Waals surface area (Å²) in [5.74, 6) is 5.95. The van der Waals surface area contributed by atoms with E-state index in [1.807, 2.05) is 0 Å². The Balaban J connectivity index is 2.45. The lowest BCUT2D eigenvalue weighted by Gasteiger charge is -2.10. The van der Waals surface area contributed by atoms with Crippen molar-refractivity contribution < 1.29 is 4.74 Å². The highest BCUT2D eigenvalue weighted by atomic mass is 16.5. The summed E-state index contributed by atoms with van der Waals surface area (Å²) < 4.78 is 5.32. The summed E-state index contributed by atoms with van der Waals surface area (Å²) in [6, 6.07) is 0. The van der Waals surface area contributed by atoms with Gasteiger partial charge in [0.1, 0.15) is 11.9 Å². The van der Waals surface area contributed by atoms with Crippen molar-refractivity contribution in [3.8, 4) is 0 Å². The summed E-state index contributed by atoms with van der Waals surface area (Å²) in [6.07, 6.45) is 2.23. The number of nitrogens with one attached hydrogen (secondary N) is 1. The monoisotopic (exact) mass is 143 g/mol. The number of rotatable bonds is 1. The van der Waals surface area contributed by atoms with Gasteiger partial charge in [0, 0.05) is 13.7 Å². The Labute approximate surface area is 60.4 Å². The summed E-state index contributed by atoms with van der Waals surface area (Å²) in [4.78, 5) is 3.94. The van der Waals surface area contributed by atoms with E-state index in [0.29, 0.717) is 0 Å². The van der Waals surface area contributed by atoms with E-state index >= 15 is 0 Å². The van der Waals surface area contributed by atoms with E-state index in [9.17, 15) is 0 Å². The molecule has 0 saturated carbocycles. The molecule has 4 heteroatoms. The second-order valence-electron chi connectivity index (χ2n) is 2.25. The van der Waals surface area contributed by atoms with Gasteiger partial charge in [0.15, 0.2) is 0 Å². The van der Waals surface area contributed by atoms with E-state index in [4.69, 9.17) is 10.6 Å². The Morgan fingerprint density at radius 3 is 3.00 bits per heavy atom. The average Bonchev–Trinajstić information content (AvgIpc) is 2.43. The molecule has 0 aromatic carbocycles. The Morgan fingerprint density at radius 1 is 1.80 bits per heavy atom. The van der Waals surface area contributed by atoms with Gasteiger partial charge in [0.25, 0.3) is 0 Å². The van der Waals surface area contributed by atoms with Crippen LogP contribution in [0.2, 0.25) is 0 Å². The lowest BCUT2D eigenvalue weighted by atomic mass is 10.2. The highest BCUT2D eigenvalue weighted by Gasteiger charge is 2.19. The molecule has 1 atom stereocenters. The van der Waals surface area contributed by atoms with Crippen molar-refractivity contribution in [3.63, 3.8) is 0 Å². The third-order valence-electron chi connectivity index (χ3n) is 1.62. The summed E-state index contributed by atoms with van der Waals surface area (Å²) in [6.45, 7) is 0.825. The first-order valence-corrected chi connectivity index (χ1v) is 3.43. The van der Waals surface area contributed by atoms with E-state index in [0.717, 1.165) is 25.3 Å². The lowest BCUT2D eigenvalue weighted by molar-refractivity contribution is 0.156. The number of hydrazine groups is 1. The van der Waals surface area contributed by atoms with Gasteiger partial charge >= 0.3 is 0 Å². The first kappa shape index (κ1) is 7.50. The number of aliphatic imine (C=N–C) groups is 1. The number of nitrogens with two attached hydrogens (primary N) is 1. The Hall–Kier alpha value is -0.610. The van der Waals surface area contributed by atoms with Gasteiger partial charge in [-0.1, -0.05) is 0 Å². The van der Waals surface area contributed by atoms with Crippen LogP contribution < -0.4 is 11.3 Å². The molecule has 3 N–H and O–H groups in total. The second-order valence-corrected chi connectivity index (χ2v) is 2.25. The number of hydrogen-bond donors (Lipinski definition) is 2. The van der Waals surface area contributed by atoms with Crippen molar-refractivity contribution in [3.05, 3.63) is 0 Å². The number of nitrogens with zero attached hydrogens (tertiary/aromatic N) is 1. The van der Waals surface area contributed by atoms with Crippen LogP contribution in [0.15, 0.2) is 4.99 Å². The third kappa shape index (κ3) is 1.46. The zero-order chi connectivity index (χ0) is 7.40. The van der Waals surface area contributed by atoms with Crippen molar-refractivity contribution in [2.75, 3.05) is 13.7 Å². The van der Waals surface area contributed by atoms with Gasteiger partial charge in [0.05, 0.1) is 0 Å². The number of ether oxygens (including phenoxy) is 1. The molecule has 0 aliphatic carbocycles. The van der Waals surface area contributed by atoms with Crippen molar-refractivity contribution in [1.29, 1.82) is 0 Å². The van der Waals surface area contributed by atoms with E-state index in [2.05, 4.69) is 10.4 Å². The molecule has 1 fully saturated rings. The highest BCUT2D eigenvalue weighted by molar-refractivity contribution is 5.86. The molecule has 4 nitrogen and oxygen atoms in total. The molecule has 0 spiro atoms. The van der Waals surface area contributed by atoms with Crippen LogP contribution in [0, 0.1) is 0 Å². The fourth-order valence-electron chi connectivity index (χ4n) is 1.09. The summed E-state index contributed by atoms with van der Waals surface area (Å²) >= 11 is 0. The van der Waals surface area contributed by atoms with Crippen LogP contribution in [0.4, 0.5) is 0 Å². The zero-order valence-corrected chi connectivity index (χ0v) is 6.13. The van der Waals surface area contributed by atoms with Gasteiger partial charge in [-0.2, -0.15) is 0 Å². The minimum atomic E-state index is 0.106. The predicted octanol–water partition coefficient (Wildman–Crippen LogP) is -0.343. The maximum absolute atomic E-state index is 5.32. The normalized spacial score (nSPS) is 27.0. The molecule has 58 valence electrons. The van der Waals surface area contributed by atoms with Gasteiger partial charge in [-0.3, -0.25) is 4.99 Å². The maximum Gasteiger partial charge on any atom is 0.140 e. The largest absolute Gasteiger partial charge is 0.370 e. The molecule has 1 saturated heterocycles. The van der Waals surface area contributed by atoms with E-state index in [-0.39, 0.29) is 6.10 Å². The molecule has 0 radical (unpaired) electrons. The van der Waals surface area contributed by atoms with Gasteiger partial charge in [-0.05, 0) is 12.8 Å². The van der Waals surface area contributed by atoms with Crippen LogP contribution >= 0.6 is 0 Å². The molecule has 1 aliphatic heterocycles. The molecule has 1 aliphatic rings. The van der Waals surface area contributed by atoms with E-state index in [1.165, 1.54) is 0 Å². The molecule has 1 unspecified atom stereocenters. The number of amidine groups is 1.